The van der Waals surface area contributed by atoms with Crippen LogP contribution in [0, 0.1) is 5.82 Å². The predicted octanol–water partition coefficient (Wildman–Crippen LogP) is 4.15. The Bertz CT molecular complexity index is 912. The van der Waals surface area contributed by atoms with Crippen LogP contribution in [0.5, 0.6) is 0 Å². The fraction of sp³-hybridized carbons (Fsp3) is 0.476. The maximum absolute atomic E-state index is 14.9. The third-order valence-corrected chi connectivity index (χ3v) is 6.40. The number of esters is 1. The summed E-state index contributed by atoms with van der Waals surface area (Å²) < 4.78 is 19.5. The van der Waals surface area contributed by atoms with Crippen LogP contribution in [0.4, 0.5) is 14.9 Å². The highest BCUT2D eigenvalue weighted by Gasteiger charge is 2.38. The molecule has 6 nitrogen and oxygen atoms in total. The van der Waals surface area contributed by atoms with Gasteiger partial charge in [-0.05, 0) is 68.6 Å². The first-order valence-corrected chi connectivity index (χ1v) is 10.3. The summed E-state index contributed by atoms with van der Waals surface area (Å²) in [5, 5.41) is -0.572. The number of rotatable bonds is 4. The molecule has 0 N–H and O–H groups in total. The van der Waals surface area contributed by atoms with Crippen LogP contribution in [0.25, 0.3) is 6.08 Å². The van der Waals surface area contributed by atoms with Gasteiger partial charge in [-0.15, -0.1) is 0 Å². The number of hydrogen-bond donors (Lipinski definition) is 0. The molecular weight excluding hydrogens is 395 g/mol. The number of anilines is 1. The first-order chi connectivity index (χ1) is 13.6. The Morgan fingerprint density at radius 1 is 1.38 bits per heavy atom. The molecule has 3 rings (SSSR count). The minimum atomic E-state index is -0.690. The molecule has 156 valence electrons. The van der Waals surface area contributed by atoms with Gasteiger partial charge in [0.15, 0.2) is 0 Å². The predicted molar refractivity (Wildman–Crippen MR) is 111 cm³/mol. The highest BCUT2D eigenvalue weighted by atomic mass is 32.2. The zero-order valence-electron chi connectivity index (χ0n) is 17.2. The molecule has 1 atom stereocenters. The van der Waals surface area contributed by atoms with E-state index in [0.29, 0.717) is 11.8 Å². The molecule has 1 aromatic rings. The van der Waals surface area contributed by atoms with Crippen LogP contribution in [0.3, 0.4) is 0 Å². The Morgan fingerprint density at radius 2 is 2.07 bits per heavy atom. The van der Waals surface area contributed by atoms with E-state index in [-0.39, 0.29) is 21.9 Å². The summed E-state index contributed by atoms with van der Waals surface area (Å²) in [6.07, 6.45) is 2.31. The van der Waals surface area contributed by atoms with E-state index >= 15 is 0 Å². The molecule has 1 unspecified atom stereocenters. The van der Waals surface area contributed by atoms with E-state index in [9.17, 15) is 18.8 Å². The fourth-order valence-corrected chi connectivity index (χ4v) is 5.03. The van der Waals surface area contributed by atoms with Crippen LogP contribution in [-0.4, -0.2) is 47.8 Å². The van der Waals surface area contributed by atoms with Crippen LogP contribution >= 0.6 is 11.8 Å². The van der Waals surface area contributed by atoms with E-state index in [0.717, 1.165) is 29.1 Å². The van der Waals surface area contributed by atoms with Crippen molar-refractivity contribution in [1.82, 2.24) is 4.90 Å². The normalized spacial score (nSPS) is 22.3. The second kappa shape index (κ2) is 7.82. The molecule has 0 bridgehead atoms. The standard InChI is InChI=1S/C21H25FN2O4S/c1-6-24-16-9-15(22)13(7-14(16)12(2)10-21(24,3)4)8-17-19(26)23(20(27)29-17)11-18(25)28-5/h7-9,12H,6,10-11H2,1-5H3/b17-8-. The van der Waals surface area contributed by atoms with Crippen LogP contribution in [0.2, 0.25) is 0 Å². The van der Waals surface area contributed by atoms with Gasteiger partial charge in [-0.2, -0.15) is 0 Å². The molecular formula is C21H25FN2O4S. The molecule has 2 aliphatic heterocycles. The average molecular weight is 421 g/mol. The fourth-order valence-electron chi connectivity index (χ4n) is 4.20. The van der Waals surface area contributed by atoms with Gasteiger partial charge in [0, 0.05) is 23.3 Å². The molecule has 29 heavy (non-hydrogen) atoms. The van der Waals surface area contributed by atoms with Crippen molar-refractivity contribution in [3.63, 3.8) is 0 Å². The maximum Gasteiger partial charge on any atom is 0.325 e. The number of halogens is 1. The largest absolute Gasteiger partial charge is 0.468 e. The molecule has 2 aliphatic rings. The lowest BCUT2D eigenvalue weighted by Crippen LogP contribution is -2.48. The quantitative estimate of drug-likeness (QED) is 0.539. The van der Waals surface area contributed by atoms with Gasteiger partial charge in [-0.1, -0.05) is 6.92 Å². The topological polar surface area (TPSA) is 66.9 Å². The van der Waals surface area contributed by atoms with Crippen LogP contribution in [0.15, 0.2) is 17.0 Å². The monoisotopic (exact) mass is 420 g/mol. The van der Waals surface area contributed by atoms with Crippen molar-refractivity contribution in [1.29, 1.82) is 0 Å². The van der Waals surface area contributed by atoms with Gasteiger partial charge in [-0.3, -0.25) is 19.3 Å². The molecule has 1 saturated heterocycles. The molecule has 0 aromatic heterocycles. The number of carbonyl (C=O) groups excluding carboxylic acids is 3. The lowest BCUT2D eigenvalue weighted by Gasteiger charge is -2.47. The molecule has 1 fully saturated rings. The van der Waals surface area contributed by atoms with Gasteiger partial charge < -0.3 is 9.64 Å². The molecule has 0 radical (unpaired) electrons. The molecule has 2 amide bonds. The summed E-state index contributed by atoms with van der Waals surface area (Å²) in [6, 6.07) is 3.28. The van der Waals surface area contributed by atoms with Gasteiger partial charge in [-0.25, -0.2) is 4.39 Å². The molecule has 8 heteroatoms. The van der Waals surface area contributed by atoms with Crippen molar-refractivity contribution in [3.8, 4) is 0 Å². The van der Waals surface area contributed by atoms with Crippen LogP contribution < -0.4 is 4.90 Å². The first-order valence-electron chi connectivity index (χ1n) is 9.52. The van der Waals surface area contributed by atoms with Crippen LogP contribution in [0.1, 0.15) is 51.2 Å². The number of imide groups is 1. The molecule has 0 aliphatic carbocycles. The van der Waals surface area contributed by atoms with Crippen molar-refractivity contribution in [2.24, 2.45) is 0 Å². The molecule has 0 saturated carbocycles. The zero-order chi connectivity index (χ0) is 21.5. The number of thioether (sulfide) groups is 1. The van der Waals surface area contributed by atoms with E-state index in [1.165, 1.54) is 19.3 Å². The Kier molecular flexibility index (Phi) is 5.76. The first kappa shape index (κ1) is 21.4. The Balaban J connectivity index is 1.97. The lowest BCUT2D eigenvalue weighted by atomic mass is 9.79. The van der Waals surface area contributed by atoms with E-state index in [2.05, 4.69) is 30.4 Å². The summed E-state index contributed by atoms with van der Waals surface area (Å²) in [5.41, 5.74) is 2.07. The van der Waals surface area contributed by atoms with Crippen molar-refractivity contribution in [2.75, 3.05) is 25.1 Å². The van der Waals surface area contributed by atoms with Crippen molar-refractivity contribution in [2.45, 2.75) is 45.6 Å². The highest BCUT2D eigenvalue weighted by molar-refractivity contribution is 8.18. The minimum absolute atomic E-state index is 0.0777. The SMILES string of the molecule is CCN1c2cc(F)c(/C=C3\SC(=O)N(CC(=O)OC)C3=O)cc2C(C)CC1(C)C. The molecule has 1 aromatic carbocycles. The zero-order valence-corrected chi connectivity index (χ0v) is 18.1. The molecule has 2 heterocycles. The van der Waals surface area contributed by atoms with Gasteiger partial charge >= 0.3 is 5.97 Å². The second-order valence-electron chi connectivity index (χ2n) is 7.94. The van der Waals surface area contributed by atoms with Gasteiger partial charge in [0.05, 0.1) is 12.0 Å². The van der Waals surface area contributed by atoms with Gasteiger partial charge in [0.25, 0.3) is 11.1 Å². The van der Waals surface area contributed by atoms with Gasteiger partial charge in [0.2, 0.25) is 0 Å². The minimum Gasteiger partial charge on any atom is -0.468 e. The number of methoxy groups -OCH3 is 1. The number of fused-ring (bicyclic) bond motifs is 1. The third kappa shape index (κ3) is 3.90. The Morgan fingerprint density at radius 3 is 2.69 bits per heavy atom. The number of nitrogens with zero attached hydrogens (tertiary/aromatic N) is 2. The molecule has 0 spiro atoms. The summed E-state index contributed by atoms with van der Waals surface area (Å²) >= 11 is 0.694. The number of carbonyl (C=O) groups is 3. The average Bonchev–Trinajstić information content (AvgIpc) is 2.90. The maximum atomic E-state index is 14.9. The highest BCUT2D eigenvalue weighted by Crippen LogP contribution is 2.44. The van der Waals surface area contributed by atoms with Crippen molar-refractivity contribution >= 4 is 40.6 Å². The number of hydrogen-bond acceptors (Lipinski definition) is 6. The Labute approximate surface area is 174 Å². The van der Waals surface area contributed by atoms with E-state index in [1.807, 2.05) is 6.92 Å². The number of ether oxygens (including phenoxy) is 1. The summed E-state index contributed by atoms with van der Waals surface area (Å²) in [4.78, 5) is 39.1. The number of amides is 2. The van der Waals surface area contributed by atoms with E-state index in [1.54, 1.807) is 6.07 Å². The third-order valence-electron chi connectivity index (χ3n) is 5.50. The van der Waals surface area contributed by atoms with Crippen molar-refractivity contribution < 1.29 is 23.5 Å². The van der Waals surface area contributed by atoms with E-state index < -0.39 is 29.5 Å². The van der Waals surface area contributed by atoms with E-state index in [4.69, 9.17) is 0 Å². The van der Waals surface area contributed by atoms with Crippen LogP contribution in [-0.2, 0) is 14.3 Å². The lowest BCUT2D eigenvalue weighted by molar-refractivity contribution is -0.143. The summed E-state index contributed by atoms with van der Waals surface area (Å²) in [6.45, 7) is 8.77. The summed E-state index contributed by atoms with van der Waals surface area (Å²) in [5.74, 6) is -1.53. The second-order valence-corrected chi connectivity index (χ2v) is 8.93. The summed E-state index contributed by atoms with van der Waals surface area (Å²) in [7, 11) is 1.18. The smallest absolute Gasteiger partial charge is 0.325 e. The van der Waals surface area contributed by atoms with Crippen molar-refractivity contribution in [3.05, 3.63) is 34.0 Å². The Hall–Kier alpha value is -2.35. The van der Waals surface area contributed by atoms with Gasteiger partial charge in [0.1, 0.15) is 12.4 Å². The number of benzene rings is 1.